The van der Waals surface area contributed by atoms with Crippen molar-refractivity contribution in [3.8, 4) is 17.1 Å². The fourth-order valence-electron chi connectivity index (χ4n) is 1.75. The molecule has 0 unspecified atom stereocenters. The molecule has 2 aromatic heterocycles. The second-order valence-electron chi connectivity index (χ2n) is 3.72. The van der Waals surface area contributed by atoms with Crippen LogP contribution in [0, 0.1) is 0 Å². The molecule has 0 saturated heterocycles. The van der Waals surface area contributed by atoms with Crippen molar-refractivity contribution in [1.82, 2.24) is 19.7 Å². The molecule has 0 saturated carbocycles. The highest BCUT2D eigenvalue weighted by Crippen LogP contribution is 2.26. The van der Waals surface area contributed by atoms with E-state index in [4.69, 9.17) is 11.6 Å². The molecule has 0 amide bonds. The molecule has 5 heteroatoms. The highest BCUT2D eigenvalue weighted by molar-refractivity contribution is 6.33. The van der Waals surface area contributed by atoms with Gasteiger partial charge in [-0.15, -0.1) is 10.2 Å². The van der Waals surface area contributed by atoms with Crippen molar-refractivity contribution in [2.75, 3.05) is 0 Å². The summed E-state index contributed by atoms with van der Waals surface area (Å²) in [4.78, 5) is 3.97. The summed E-state index contributed by atoms with van der Waals surface area (Å²) in [5.41, 5.74) is 1.80. The van der Waals surface area contributed by atoms with E-state index < -0.39 is 0 Å². The number of nitrogens with zero attached hydrogens (tertiary/aromatic N) is 4. The normalized spacial score (nSPS) is 10.5. The van der Waals surface area contributed by atoms with Crippen LogP contribution in [0.15, 0.2) is 55.1 Å². The van der Waals surface area contributed by atoms with E-state index in [0.29, 0.717) is 10.8 Å². The Morgan fingerprint density at radius 3 is 2.67 bits per heavy atom. The van der Waals surface area contributed by atoms with Crippen molar-refractivity contribution in [1.29, 1.82) is 0 Å². The SMILES string of the molecule is Clc1cnccc1-c1nncn1-c1ccccc1. The Hall–Kier alpha value is -2.20. The predicted octanol–water partition coefficient (Wildman–Crippen LogP) is 2.98. The average molecular weight is 257 g/mol. The van der Waals surface area contributed by atoms with Crippen LogP contribution in [-0.2, 0) is 0 Å². The fourth-order valence-corrected chi connectivity index (χ4v) is 1.96. The molecule has 0 N–H and O–H groups in total. The Kier molecular flexibility index (Phi) is 2.78. The number of halogens is 1. The zero-order valence-electron chi connectivity index (χ0n) is 9.36. The Morgan fingerprint density at radius 2 is 1.89 bits per heavy atom. The minimum absolute atomic E-state index is 0.558. The first-order valence-electron chi connectivity index (χ1n) is 5.41. The second kappa shape index (κ2) is 4.58. The Labute approximate surface area is 109 Å². The lowest BCUT2D eigenvalue weighted by atomic mass is 10.2. The lowest BCUT2D eigenvalue weighted by Gasteiger charge is -2.07. The van der Waals surface area contributed by atoms with Gasteiger partial charge in [0, 0.05) is 23.6 Å². The van der Waals surface area contributed by atoms with Crippen molar-refractivity contribution < 1.29 is 0 Å². The monoisotopic (exact) mass is 256 g/mol. The molecule has 0 spiro atoms. The number of hydrogen-bond acceptors (Lipinski definition) is 3. The molecule has 1 aromatic carbocycles. The quantitative estimate of drug-likeness (QED) is 0.708. The van der Waals surface area contributed by atoms with Crippen LogP contribution >= 0.6 is 11.6 Å². The number of benzene rings is 1. The Balaban J connectivity index is 2.16. The first-order chi connectivity index (χ1) is 8.86. The maximum Gasteiger partial charge on any atom is 0.169 e. The van der Waals surface area contributed by atoms with E-state index in [9.17, 15) is 0 Å². The number of rotatable bonds is 2. The summed E-state index contributed by atoms with van der Waals surface area (Å²) < 4.78 is 1.89. The highest BCUT2D eigenvalue weighted by Gasteiger charge is 2.11. The molecule has 4 nitrogen and oxygen atoms in total. The Morgan fingerprint density at radius 1 is 1.06 bits per heavy atom. The zero-order valence-corrected chi connectivity index (χ0v) is 10.1. The lowest BCUT2D eigenvalue weighted by molar-refractivity contribution is 1.06. The molecule has 0 atom stereocenters. The van der Waals surface area contributed by atoms with E-state index in [0.717, 1.165) is 11.3 Å². The number of pyridine rings is 1. The van der Waals surface area contributed by atoms with Crippen molar-refractivity contribution in [3.05, 3.63) is 60.1 Å². The third-order valence-corrected chi connectivity index (χ3v) is 2.90. The van der Waals surface area contributed by atoms with Crippen LogP contribution in [0.2, 0.25) is 5.02 Å². The first kappa shape index (κ1) is 10.9. The van der Waals surface area contributed by atoms with Crippen LogP contribution in [0.4, 0.5) is 0 Å². The molecule has 3 rings (SSSR count). The minimum atomic E-state index is 0.558. The summed E-state index contributed by atoms with van der Waals surface area (Å²) in [5.74, 6) is 0.702. The van der Waals surface area contributed by atoms with Crippen molar-refractivity contribution in [3.63, 3.8) is 0 Å². The summed E-state index contributed by atoms with van der Waals surface area (Å²) in [5, 5.41) is 8.63. The molecule has 18 heavy (non-hydrogen) atoms. The maximum absolute atomic E-state index is 6.13. The van der Waals surface area contributed by atoms with E-state index in [1.807, 2.05) is 41.0 Å². The van der Waals surface area contributed by atoms with Gasteiger partial charge in [0.25, 0.3) is 0 Å². The molecule has 0 fully saturated rings. The van der Waals surface area contributed by atoms with Gasteiger partial charge >= 0.3 is 0 Å². The van der Waals surface area contributed by atoms with E-state index in [2.05, 4.69) is 15.2 Å². The largest absolute Gasteiger partial charge is 0.282 e. The molecule has 0 radical (unpaired) electrons. The summed E-state index contributed by atoms with van der Waals surface area (Å²) in [6.07, 6.45) is 4.95. The van der Waals surface area contributed by atoms with Crippen molar-refractivity contribution in [2.45, 2.75) is 0 Å². The molecule has 0 aliphatic carbocycles. The summed E-state index contributed by atoms with van der Waals surface area (Å²) >= 11 is 6.13. The van der Waals surface area contributed by atoms with E-state index in [1.165, 1.54) is 0 Å². The molecule has 2 heterocycles. The third kappa shape index (κ3) is 1.87. The number of para-hydroxylation sites is 1. The summed E-state index contributed by atoms with van der Waals surface area (Å²) in [7, 11) is 0. The number of hydrogen-bond donors (Lipinski definition) is 0. The van der Waals surface area contributed by atoms with E-state index >= 15 is 0 Å². The zero-order chi connectivity index (χ0) is 12.4. The van der Waals surface area contributed by atoms with E-state index in [-0.39, 0.29) is 0 Å². The van der Waals surface area contributed by atoms with Crippen LogP contribution in [0.3, 0.4) is 0 Å². The van der Waals surface area contributed by atoms with Crippen LogP contribution < -0.4 is 0 Å². The topological polar surface area (TPSA) is 43.6 Å². The van der Waals surface area contributed by atoms with Crippen LogP contribution in [0.25, 0.3) is 17.1 Å². The third-order valence-electron chi connectivity index (χ3n) is 2.60. The van der Waals surface area contributed by atoms with Gasteiger partial charge in [-0.05, 0) is 18.2 Å². The maximum atomic E-state index is 6.13. The van der Waals surface area contributed by atoms with Gasteiger partial charge in [-0.3, -0.25) is 9.55 Å². The first-order valence-corrected chi connectivity index (χ1v) is 5.79. The van der Waals surface area contributed by atoms with Gasteiger partial charge in [-0.25, -0.2) is 0 Å². The average Bonchev–Trinajstić information content (AvgIpc) is 2.89. The summed E-state index contributed by atoms with van der Waals surface area (Å²) in [6, 6.07) is 11.7. The van der Waals surface area contributed by atoms with Crippen molar-refractivity contribution >= 4 is 11.6 Å². The van der Waals surface area contributed by atoms with Gasteiger partial charge in [0.05, 0.1) is 5.02 Å². The second-order valence-corrected chi connectivity index (χ2v) is 4.12. The molecule has 3 aromatic rings. The lowest BCUT2D eigenvalue weighted by Crippen LogP contribution is -1.96. The fraction of sp³-hybridized carbons (Fsp3) is 0. The molecular formula is C13H9ClN4. The number of aromatic nitrogens is 4. The molecule has 0 aliphatic heterocycles. The summed E-state index contributed by atoms with van der Waals surface area (Å²) in [6.45, 7) is 0. The van der Waals surface area contributed by atoms with Gasteiger partial charge in [0.1, 0.15) is 6.33 Å². The van der Waals surface area contributed by atoms with Crippen LogP contribution in [-0.4, -0.2) is 19.7 Å². The van der Waals surface area contributed by atoms with Crippen molar-refractivity contribution in [2.24, 2.45) is 0 Å². The predicted molar refractivity (Wildman–Crippen MR) is 69.6 cm³/mol. The van der Waals surface area contributed by atoms with Gasteiger partial charge in [-0.1, -0.05) is 29.8 Å². The van der Waals surface area contributed by atoms with Gasteiger partial charge in [0.15, 0.2) is 5.82 Å². The Bertz CT molecular complexity index is 664. The highest BCUT2D eigenvalue weighted by atomic mass is 35.5. The molecule has 0 bridgehead atoms. The van der Waals surface area contributed by atoms with Gasteiger partial charge < -0.3 is 0 Å². The minimum Gasteiger partial charge on any atom is -0.282 e. The van der Waals surface area contributed by atoms with Gasteiger partial charge in [0.2, 0.25) is 0 Å². The molecule has 0 aliphatic rings. The smallest absolute Gasteiger partial charge is 0.169 e. The molecular weight excluding hydrogens is 248 g/mol. The van der Waals surface area contributed by atoms with Crippen LogP contribution in [0.5, 0.6) is 0 Å². The van der Waals surface area contributed by atoms with E-state index in [1.54, 1.807) is 18.7 Å². The standard InChI is InChI=1S/C13H9ClN4/c14-12-8-15-7-6-11(12)13-17-16-9-18(13)10-4-2-1-3-5-10/h1-9H. The van der Waals surface area contributed by atoms with Crippen LogP contribution in [0.1, 0.15) is 0 Å². The molecule has 88 valence electrons. The van der Waals surface area contributed by atoms with Gasteiger partial charge in [-0.2, -0.15) is 0 Å².